The number of aryl methyl sites for hydroxylation is 1. The Bertz CT molecular complexity index is 414. The van der Waals surface area contributed by atoms with Gasteiger partial charge >= 0.3 is 0 Å². The molecule has 0 aliphatic carbocycles. The molecule has 0 bridgehead atoms. The minimum Gasteiger partial charge on any atom is -0.391 e. The van der Waals surface area contributed by atoms with Crippen molar-refractivity contribution < 1.29 is 9.90 Å². The Hall–Kier alpha value is -1.35. The summed E-state index contributed by atoms with van der Waals surface area (Å²) >= 11 is 0. The predicted octanol–water partition coefficient (Wildman–Crippen LogP) is 1.79. The normalized spacial score (nSPS) is 21.3. The van der Waals surface area contributed by atoms with Crippen LogP contribution in [0.1, 0.15) is 24.0 Å². The molecule has 1 aliphatic heterocycles. The molecule has 0 spiro atoms. The summed E-state index contributed by atoms with van der Waals surface area (Å²) in [5.74, 6) is 0.110. The Morgan fingerprint density at radius 1 is 1.38 bits per heavy atom. The fourth-order valence-electron chi connectivity index (χ4n) is 2.09. The monoisotopic (exact) mass is 219 g/mol. The number of anilines is 1. The van der Waals surface area contributed by atoms with Gasteiger partial charge < -0.3 is 10.0 Å². The smallest absolute Gasteiger partial charge is 0.227 e. The maximum atomic E-state index is 11.8. The van der Waals surface area contributed by atoms with Crippen LogP contribution in [-0.4, -0.2) is 23.7 Å². The zero-order valence-electron chi connectivity index (χ0n) is 9.73. The number of hydrogen-bond donors (Lipinski definition) is 1. The summed E-state index contributed by atoms with van der Waals surface area (Å²) in [6.07, 6.45) is 0.631. The second kappa shape index (κ2) is 4.26. The van der Waals surface area contributed by atoms with Crippen molar-refractivity contribution in [2.45, 2.75) is 32.8 Å². The van der Waals surface area contributed by atoms with E-state index >= 15 is 0 Å². The Morgan fingerprint density at radius 3 is 2.88 bits per heavy atom. The minimum absolute atomic E-state index is 0.110. The molecule has 1 N–H and O–H groups in total. The van der Waals surface area contributed by atoms with E-state index in [9.17, 15) is 9.90 Å². The third-order valence-electron chi connectivity index (χ3n) is 3.25. The topological polar surface area (TPSA) is 40.5 Å². The number of aliphatic hydroxyl groups excluding tert-OH is 1. The highest BCUT2D eigenvalue weighted by Crippen LogP contribution is 2.26. The molecular formula is C13H17NO2. The van der Waals surface area contributed by atoms with Crippen LogP contribution in [0, 0.1) is 13.8 Å². The first-order valence-corrected chi connectivity index (χ1v) is 5.64. The number of carbonyl (C=O) groups excluding carboxylic acids is 1. The van der Waals surface area contributed by atoms with Crippen LogP contribution in [0.15, 0.2) is 18.2 Å². The highest BCUT2D eigenvalue weighted by molar-refractivity contribution is 5.95. The van der Waals surface area contributed by atoms with Crippen molar-refractivity contribution >= 4 is 11.6 Å². The fraction of sp³-hybridized carbons (Fsp3) is 0.462. The standard InChI is InChI=1S/C13H17NO2/c1-9-4-3-5-12(10(9)2)14-8-11(15)6-7-13(14)16/h3-5,11,15H,6-8H2,1-2H3. The molecule has 1 aromatic rings. The third-order valence-corrected chi connectivity index (χ3v) is 3.25. The Morgan fingerprint density at radius 2 is 2.12 bits per heavy atom. The Kier molecular flexibility index (Phi) is 2.97. The van der Waals surface area contributed by atoms with Crippen molar-refractivity contribution in [3.8, 4) is 0 Å². The summed E-state index contributed by atoms with van der Waals surface area (Å²) in [5.41, 5.74) is 3.22. The number of benzene rings is 1. The first-order valence-electron chi connectivity index (χ1n) is 5.64. The summed E-state index contributed by atoms with van der Waals surface area (Å²) in [6, 6.07) is 5.92. The van der Waals surface area contributed by atoms with E-state index in [1.54, 1.807) is 4.90 Å². The third kappa shape index (κ3) is 1.95. The van der Waals surface area contributed by atoms with Crippen molar-refractivity contribution in [2.75, 3.05) is 11.4 Å². The zero-order chi connectivity index (χ0) is 11.7. The molecule has 0 radical (unpaired) electrons. The van der Waals surface area contributed by atoms with Gasteiger partial charge in [0.2, 0.25) is 5.91 Å². The van der Waals surface area contributed by atoms with E-state index in [0.717, 1.165) is 11.3 Å². The van der Waals surface area contributed by atoms with Crippen LogP contribution in [0.4, 0.5) is 5.69 Å². The van der Waals surface area contributed by atoms with E-state index in [4.69, 9.17) is 0 Å². The lowest BCUT2D eigenvalue weighted by molar-refractivity contribution is -0.121. The van der Waals surface area contributed by atoms with Crippen LogP contribution in [0.5, 0.6) is 0 Å². The molecule has 86 valence electrons. The lowest BCUT2D eigenvalue weighted by Gasteiger charge is -2.31. The molecule has 1 aromatic carbocycles. The van der Waals surface area contributed by atoms with Gasteiger partial charge in [-0.3, -0.25) is 4.79 Å². The van der Waals surface area contributed by atoms with E-state index in [2.05, 4.69) is 0 Å². The first kappa shape index (κ1) is 11.1. The molecule has 0 aromatic heterocycles. The molecule has 1 unspecified atom stereocenters. The summed E-state index contributed by atoms with van der Waals surface area (Å²) in [6.45, 7) is 4.46. The van der Waals surface area contributed by atoms with Crippen LogP contribution < -0.4 is 4.90 Å². The van der Waals surface area contributed by atoms with Crippen LogP contribution >= 0.6 is 0 Å². The number of β-amino-alcohol motifs (C(OH)–C–C–N with tert-alkyl or cyclic N) is 1. The predicted molar refractivity (Wildman–Crippen MR) is 63.5 cm³/mol. The number of hydrogen-bond acceptors (Lipinski definition) is 2. The number of piperidine rings is 1. The van der Waals surface area contributed by atoms with Gasteiger partial charge in [0.25, 0.3) is 0 Å². The SMILES string of the molecule is Cc1cccc(N2CC(O)CCC2=O)c1C. The second-order valence-corrected chi connectivity index (χ2v) is 4.42. The van der Waals surface area contributed by atoms with Crippen molar-refractivity contribution in [2.24, 2.45) is 0 Å². The molecule has 16 heavy (non-hydrogen) atoms. The van der Waals surface area contributed by atoms with Crippen molar-refractivity contribution in [1.29, 1.82) is 0 Å². The molecule has 0 saturated carbocycles. The number of carbonyl (C=O) groups is 1. The molecule has 3 nitrogen and oxygen atoms in total. The van der Waals surface area contributed by atoms with E-state index < -0.39 is 6.10 Å². The van der Waals surface area contributed by atoms with Gasteiger partial charge in [-0.15, -0.1) is 0 Å². The zero-order valence-corrected chi connectivity index (χ0v) is 9.73. The van der Waals surface area contributed by atoms with Gasteiger partial charge in [-0.1, -0.05) is 12.1 Å². The fourth-order valence-corrected chi connectivity index (χ4v) is 2.09. The highest BCUT2D eigenvalue weighted by atomic mass is 16.3. The largest absolute Gasteiger partial charge is 0.391 e. The summed E-state index contributed by atoms with van der Waals surface area (Å²) < 4.78 is 0. The summed E-state index contributed by atoms with van der Waals surface area (Å²) in [5, 5.41) is 9.62. The molecule has 1 fully saturated rings. The number of rotatable bonds is 1. The van der Waals surface area contributed by atoms with Crippen LogP contribution in [0.2, 0.25) is 0 Å². The Balaban J connectivity index is 2.35. The lowest BCUT2D eigenvalue weighted by Crippen LogP contribution is -2.42. The quantitative estimate of drug-likeness (QED) is 0.782. The van der Waals surface area contributed by atoms with E-state index in [1.165, 1.54) is 5.56 Å². The molecule has 1 amide bonds. The van der Waals surface area contributed by atoms with E-state index in [1.807, 2.05) is 32.0 Å². The van der Waals surface area contributed by atoms with Crippen molar-refractivity contribution in [3.05, 3.63) is 29.3 Å². The van der Waals surface area contributed by atoms with Gasteiger partial charge in [0, 0.05) is 12.1 Å². The van der Waals surface area contributed by atoms with Gasteiger partial charge in [-0.25, -0.2) is 0 Å². The average molecular weight is 219 g/mol. The first-order chi connectivity index (χ1) is 7.59. The molecule has 3 heteroatoms. The van der Waals surface area contributed by atoms with Gasteiger partial charge in [0.1, 0.15) is 0 Å². The second-order valence-electron chi connectivity index (χ2n) is 4.42. The van der Waals surface area contributed by atoms with Crippen molar-refractivity contribution in [1.82, 2.24) is 0 Å². The number of nitrogens with zero attached hydrogens (tertiary/aromatic N) is 1. The molecule has 1 saturated heterocycles. The van der Waals surface area contributed by atoms with Gasteiger partial charge in [0.15, 0.2) is 0 Å². The van der Waals surface area contributed by atoms with Gasteiger partial charge in [-0.2, -0.15) is 0 Å². The van der Waals surface area contributed by atoms with Crippen LogP contribution in [-0.2, 0) is 4.79 Å². The summed E-state index contributed by atoms with van der Waals surface area (Å²) in [7, 11) is 0. The number of aliphatic hydroxyl groups is 1. The van der Waals surface area contributed by atoms with Gasteiger partial charge in [-0.05, 0) is 37.5 Å². The van der Waals surface area contributed by atoms with E-state index in [-0.39, 0.29) is 5.91 Å². The average Bonchev–Trinajstić information content (AvgIpc) is 2.26. The molecule has 1 aliphatic rings. The van der Waals surface area contributed by atoms with Gasteiger partial charge in [0.05, 0.1) is 12.6 Å². The van der Waals surface area contributed by atoms with E-state index in [0.29, 0.717) is 19.4 Å². The molecular weight excluding hydrogens is 202 g/mol. The minimum atomic E-state index is -0.391. The summed E-state index contributed by atoms with van der Waals surface area (Å²) in [4.78, 5) is 13.5. The Labute approximate surface area is 95.7 Å². The highest BCUT2D eigenvalue weighted by Gasteiger charge is 2.26. The maximum Gasteiger partial charge on any atom is 0.227 e. The van der Waals surface area contributed by atoms with Crippen molar-refractivity contribution in [3.63, 3.8) is 0 Å². The number of amides is 1. The lowest BCUT2D eigenvalue weighted by atomic mass is 10.0. The molecule has 1 heterocycles. The molecule has 2 rings (SSSR count). The molecule has 1 atom stereocenters. The van der Waals surface area contributed by atoms with Crippen LogP contribution in [0.3, 0.4) is 0 Å². The maximum absolute atomic E-state index is 11.8. The van der Waals surface area contributed by atoms with Crippen LogP contribution in [0.25, 0.3) is 0 Å².